The Morgan fingerprint density at radius 2 is 1.94 bits per heavy atom. The molecule has 2 heteroatoms. The van der Waals surface area contributed by atoms with Crippen LogP contribution in [0.4, 0.5) is 0 Å². The number of hydrogen-bond acceptors (Lipinski definition) is 1. The van der Waals surface area contributed by atoms with Crippen LogP contribution in [0.1, 0.15) is 42.7 Å². The van der Waals surface area contributed by atoms with E-state index in [1.165, 1.54) is 24.0 Å². The second kappa shape index (κ2) is 5.88. The first-order valence-electron chi connectivity index (χ1n) is 6.51. The highest BCUT2D eigenvalue weighted by Gasteiger charge is 2.31. The smallest absolute Gasteiger partial charge is 0.0587 e. The third kappa shape index (κ3) is 3.46. The zero-order chi connectivity index (χ0) is 12.3. The van der Waals surface area contributed by atoms with Crippen LogP contribution in [0, 0.1) is 12.8 Å². The van der Waals surface area contributed by atoms with Crippen molar-refractivity contribution in [3.05, 3.63) is 35.4 Å². The van der Waals surface area contributed by atoms with E-state index < -0.39 is 0 Å². The summed E-state index contributed by atoms with van der Waals surface area (Å²) >= 11 is 6.45. The van der Waals surface area contributed by atoms with Crippen molar-refractivity contribution in [3.8, 4) is 0 Å². The van der Waals surface area contributed by atoms with Crippen molar-refractivity contribution in [2.75, 3.05) is 6.61 Å². The zero-order valence-corrected chi connectivity index (χ0v) is 11.4. The van der Waals surface area contributed by atoms with Crippen LogP contribution in [0.15, 0.2) is 24.3 Å². The molecule has 0 amide bonds. The lowest BCUT2D eigenvalue weighted by Crippen LogP contribution is -2.31. The van der Waals surface area contributed by atoms with Gasteiger partial charge < -0.3 is 4.74 Å². The number of aryl methyl sites for hydroxylation is 1. The minimum Gasteiger partial charge on any atom is -0.378 e. The molecule has 0 radical (unpaired) electrons. The molecule has 0 spiro atoms. The number of halogens is 1. The quantitative estimate of drug-likeness (QED) is 0.702. The van der Waals surface area contributed by atoms with Crippen LogP contribution in [0.2, 0.25) is 0 Å². The first-order valence-corrected chi connectivity index (χ1v) is 6.95. The van der Waals surface area contributed by atoms with Crippen molar-refractivity contribution < 1.29 is 4.74 Å². The van der Waals surface area contributed by atoms with Gasteiger partial charge in [0.15, 0.2) is 0 Å². The number of rotatable bonds is 5. The van der Waals surface area contributed by atoms with Gasteiger partial charge in [-0.25, -0.2) is 0 Å². The van der Waals surface area contributed by atoms with E-state index in [0.29, 0.717) is 6.10 Å². The van der Waals surface area contributed by atoms with E-state index >= 15 is 0 Å². The normalized spacial score (nSPS) is 25.4. The summed E-state index contributed by atoms with van der Waals surface area (Å²) in [6.45, 7) is 5.00. The molecule has 1 aliphatic rings. The Bertz CT molecular complexity index is 340. The van der Waals surface area contributed by atoms with Crippen LogP contribution < -0.4 is 0 Å². The summed E-state index contributed by atoms with van der Waals surface area (Å²) in [6.07, 6.45) is 3.94. The zero-order valence-electron chi connectivity index (χ0n) is 10.7. The van der Waals surface area contributed by atoms with Crippen LogP contribution in [0.25, 0.3) is 0 Å². The summed E-state index contributed by atoms with van der Waals surface area (Å²) in [7, 11) is 0. The van der Waals surface area contributed by atoms with E-state index in [1.54, 1.807) is 0 Å². The Hall–Kier alpha value is -0.530. The van der Waals surface area contributed by atoms with Gasteiger partial charge in [0, 0.05) is 6.61 Å². The van der Waals surface area contributed by atoms with Gasteiger partial charge in [-0.3, -0.25) is 0 Å². The molecule has 0 N–H and O–H groups in total. The molecule has 1 saturated carbocycles. The summed E-state index contributed by atoms with van der Waals surface area (Å²) in [5.41, 5.74) is 2.54. The molecule has 1 fully saturated rings. The molecule has 0 bridgehead atoms. The van der Waals surface area contributed by atoms with Gasteiger partial charge in [-0.05, 0) is 44.6 Å². The lowest BCUT2D eigenvalue weighted by Gasteiger charge is -2.36. The highest BCUT2D eigenvalue weighted by atomic mass is 35.5. The van der Waals surface area contributed by atoms with Gasteiger partial charge in [0.2, 0.25) is 0 Å². The predicted octanol–water partition coefficient (Wildman–Crippen LogP) is 4.48. The lowest BCUT2D eigenvalue weighted by atomic mass is 9.78. The second-order valence-corrected chi connectivity index (χ2v) is 5.56. The van der Waals surface area contributed by atoms with Gasteiger partial charge in [0.1, 0.15) is 0 Å². The monoisotopic (exact) mass is 252 g/mol. The van der Waals surface area contributed by atoms with Crippen LogP contribution in [0.5, 0.6) is 0 Å². The minimum atomic E-state index is 0.156. The van der Waals surface area contributed by atoms with Crippen molar-refractivity contribution in [3.63, 3.8) is 0 Å². The maximum Gasteiger partial charge on any atom is 0.0587 e. The van der Waals surface area contributed by atoms with Crippen molar-refractivity contribution in [1.29, 1.82) is 0 Å². The molecule has 1 aromatic carbocycles. The van der Waals surface area contributed by atoms with Gasteiger partial charge in [0.05, 0.1) is 11.5 Å². The fraction of sp³-hybridized carbons (Fsp3) is 0.600. The van der Waals surface area contributed by atoms with Crippen molar-refractivity contribution >= 4 is 11.6 Å². The number of hydrogen-bond donors (Lipinski definition) is 0. The Labute approximate surface area is 109 Å². The van der Waals surface area contributed by atoms with Gasteiger partial charge in [-0.15, -0.1) is 11.6 Å². The van der Waals surface area contributed by atoms with E-state index in [0.717, 1.165) is 18.9 Å². The second-order valence-electron chi connectivity index (χ2n) is 5.03. The molecule has 2 rings (SSSR count). The SMILES string of the molecule is CCOC1CC(CC(Cl)c2ccc(C)cc2)C1. The van der Waals surface area contributed by atoms with Gasteiger partial charge >= 0.3 is 0 Å². The summed E-state index contributed by atoms with van der Waals surface area (Å²) in [5, 5.41) is 0.156. The highest BCUT2D eigenvalue weighted by molar-refractivity contribution is 6.20. The number of ether oxygens (including phenoxy) is 1. The molecule has 0 aromatic heterocycles. The molecule has 17 heavy (non-hydrogen) atoms. The molecule has 1 aliphatic carbocycles. The van der Waals surface area contributed by atoms with Crippen molar-refractivity contribution in [2.45, 2.75) is 44.6 Å². The molecular formula is C15H21ClO. The summed E-state index contributed by atoms with van der Waals surface area (Å²) in [4.78, 5) is 0. The maximum absolute atomic E-state index is 6.45. The largest absolute Gasteiger partial charge is 0.378 e. The highest BCUT2D eigenvalue weighted by Crippen LogP contribution is 2.39. The van der Waals surface area contributed by atoms with E-state index in [-0.39, 0.29) is 5.38 Å². The molecule has 1 nitrogen and oxygen atoms in total. The van der Waals surface area contributed by atoms with E-state index in [9.17, 15) is 0 Å². The average Bonchev–Trinajstić information content (AvgIpc) is 2.27. The molecule has 1 unspecified atom stereocenters. The van der Waals surface area contributed by atoms with Crippen LogP contribution in [-0.2, 0) is 4.74 Å². The maximum atomic E-state index is 6.45. The third-order valence-electron chi connectivity index (χ3n) is 3.57. The van der Waals surface area contributed by atoms with Crippen molar-refractivity contribution in [2.24, 2.45) is 5.92 Å². The van der Waals surface area contributed by atoms with Crippen molar-refractivity contribution in [1.82, 2.24) is 0 Å². The third-order valence-corrected chi connectivity index (χ3v) is 4.00. The molecule has 0 aliphatic heterocycles. The van der Waals surface area contributed by atoms with E-state index in [1.807, 2.05) is 0 Å². The van der Waals surface area contributed by atoms with Gasteiger partial charge in [-0.1, -0.05) is 29.8 Å². The van der Waals surface area contributed by atoms with E-state index in [4.69, 9.17) is 16.3 Å². The Morgan fingerprint density at radius 1 is 1.29 bits per heavy atom. The first-order chi connectivity index (χ1) is 8.19. The van der Waals surface area contributed by atoms with Crippen LogP contribution in [-0.4, -0.2) is 12.7 Å². The van der Waals surface area contributed by atoms with Gasteiger partial charge in [0.25, 0.3) is 0 Å². The Kier molecular flexibility index (Phi) is 4.47. The van der Waals surface area contributed by atoms with Gasteiger partial charge in [-0.2, -0.15) is 0 Å². The Balaban J connectivity index is 1.78. The molecule has 0 heterocycles. The van der Waals surface area contributed by atoms with Crippen LogP contribution in [0.3, 0.4) is 0 Å². The van der Waals surface area contributed by atoms with E-state index in [2.05, 4.69) is 38.1 Å². The summed E-state index contributed by atoms with van der Waals surface area (Å²) < 4.78 is 5.57. The standard InChI is InChI=1S/C15H21ClO/c1-3-17-14-8-12(9-14)10-15(16)13-6-4-11(2)5-7-13/h4-7,12,14-15H,3,8-10H2,1-2H3. The average molecular weight is 253 g/mol. The lowest BCUT2D eigenvalue weighted by molar-refractivity contribution is -0.0267. The fourth-order valence-electron chi connectivity index (χ4n) is 2.44. The summed E-state index contributed by atoms with van der Waals surface area (Å²) in [5.74, 6) is 0.746. The minimum absolute atomic E-state index is 0.156. The molecule has 94 valence electrons. The Morgan fingerprint density at radius 3 is 2.53 bits per heavy atom. The molecule has 0 saturated heterocycles. The first kappa shape index (κ1) is 12.9. The molecule has 1 atom stereocenters. The number of alkyl halides is 1. The van der Waals surface area contributed by atoms with Crippen LogP contribution >= 0.6 is 11.6 Å². The molecule has 1 aromatic rings. The predicted molar refractivity (Wildman–Crippen MR) is 72.5 cm³/mol. The topological polar surface area (TPSA) is 9.23 Å². The fourth-order valence-corrected chi connectivity index (χ4v) is 2.84. The molecular weight excluding hydrogens is 232 g/mol. The summed E-state index contributed by atoms with van der Waals surface area (Å²) in [6, 6.07) is 8.56. The number of benzene rings is 1.